The highest BCUT2D eigenvalue weighted by Gasteiger charge is 2.35. The molecule has 0 unspecified atom stereocenters. The van der Waals surface area contributed by atoms with Crippen LogP contribution in [-0.2, 0) is 6.42 Å². The van der Waals surface area contributed by atoms with Gasteiger partial charge in [-0.3, -0.25) is 4.79 Å². The molecule has 128 valence electrons. The van der Waals surface area contributed by atoms with Crippen LogP contribution in [0.15, 0.2) is 29.0 Å². The fraction of sp³-hybridized carbons (Fsp3) is 0.500. The number of hydrogen-bond donors (Lipinski definition) is 2. The van der Waals surface area contributed by atoms with Crippen molar-refractivity contribution >= 4 is 11.9 Å². The van der Waals surface area contributed by atoms with Crippen LogP contribution in [0.2, 0.25) is 0 Å². The maximum absolute atomic E-state index is 12.1. The quantitative estimate of drug-likeness (QED) is 0.834. The van der Waals surface area contributed by atoms with Crippen LogP contribution in [0.3, 0.4) is 0 Å². The molecule has 8 nitrogen and oxygen atoms in total. The number of β-amino-alcohol motifs (C(OH)–C–C–N with tert-alkyl or cyclic N) is 1. The molecule has 0 saturated carbocycles. The summed E-state index contributed by atoms with van der Waals surface area (Å²) in [4.78, 5) is 22.5. The first-order valence-corrected chi connectivity index (χ1v) is 8.08. The van der Waals surface area contributed by atoms with Gasteiger partial charge in [-0.25, -0.2) is 9.97 Å². The molecule has 1 fully saturated rings. The molecular formula is C16H21N5O3. The van der Waals surface area contributed by atoms with E-state index in [1.165, 1.54) is 0 Å². The molecule has 8 heteroatoms. The van der Waals surface area contributed by atoms with Crippen LogP contribution in [0.4, 0.5) is 5.95 Å². The average molecular weight is 331 g/mol. The third kappa shape index (κ3) is 3.70. The molecule has 1 aliphatic heterocycles. The number of aliphatic hydroxyl groups is 1. The second kappa shape index (κ2) is 6.96. The predicted molar refractivity (Wildman–Crippen MR) is 86.6 cm³/mol. The molecule has 3 heterocycles. The van der Waals surface area contributed by atoms with E-state index in [1.54, 1.807) is 24.5 Å². The first-order chi connectivity index (χ1) is 11.6. The van der Waals surface area contributed by atoms with Crippen molar-refractivity contribution in [2.24, 2.45) is 0 Å². The third-order valence-electron chi connectivity index (χ3n) is 4.11. The lowest BCUT2D eigenvalue weighted by Crippen LogP contribution is -2.54. The molecule has 0 spiro atoms. The lowest BCUT2D eigenvalue weighted by molar-refractivity contribution is 0.0248. The minimum atomic E-state index is -1.03. The molecular weight excluding hydrogens is 310 g/mol. The van der Waals surface area contributed by atoms with E-state index < -0.39 is 5.60 Å². The molecule has 1 amide bonds. The van der Waals surface area contributed by atoms with Crippen molar-refractivity contribution in [2.75, 3.05) is 24.5 Å². The maximum atomic E-state index is 12.1. The van der Waals surface area contributed by atoms with E-state index in [-0.39, 0.29) is 18.2 Å². The normalized spacial score (nSPS) is 20.8. The summed E-state index contributed by atoms with van der Waals surface area (Å²) in [6.45, 7) is 3.22. The number of nitrogens with zero attached hydrogens (tertiary/aromatic N) is 4. The molecule has 3 rings (SSSR count). The lowest BCUT2D eigenvalue weighted by atomic mass is 9.93. The Kier molecular flexibility index (Phi) is 4.75. The van der Waals surface area contributed by atoms with E-state index in [4.69, 9.17) is 4.52 Å². The van der Waals surface area contributed by atoms with Crippen LogP contribution in [0.5, 0.6) is 0 Å². The molecule has 0 bridgehead atoms. The Morgan fingerprint density at radius 2 is 2.25 bits per heavy atom. The molecule has 0 aromatic carbocycles. The smallest absolute Gasteiger partial charge is 0.290 e. The Morgan fingerprint density at radius 3 is 2.96 bits per heavy atom. The predicted octanol–water partition coefficient (Wildman–Crippen LogP) is 0.788. The van der Waals surface area contributed by atoms with Crippen LogP contribution in [-0.4, -0.2) is 51.4 Å². The van der Waals surface area contributed by atoms with E-state index in [0.717, 1.165) is 18.7 Å². The molecule has 0 aliphatic carbocycles. The number of nitrogens with one attached hydrogen (secondary N) is 1. The molecule has 1 saturated heterocycles. The number of aryl methyl sites for hydroxylation is 1. The second-order valence-electron chi connectivity index (χ2n) is 6.02. The summed E-state index contributed by atoms with van der Waals surface area (Å²) in [5.41, 5.74) is -0.301. The molecule has 0 radical (unpaired) electrons. The van der Waals surface area contributed by atoms with E-state index in [2.05, 4.69) is 20.4 Å². The van der Waals surface area contributed by atoms with Gasteiger partial charge < -0.3 is 19.8 Å². The van der Waals surface area contributed by atoms with E-state index in [9.17, 15) is 9.90 Å². The van der Waals surface area contributed by atoms with E-state index in [1.807, 2.05) is 11.8 Å². The zero-order valence-corrected chi connectivity index (χ0v) is 13.6. The van der Waals surface area contributed by atoms with Crippen molar-refractivity contribution in [2.45, 2.75) is 31.8 Å². The fourth-order valence-electron chi connectivity index (χ4n) is 2.80. The Morgan fingerprint density at radius 1 is 1.46 bits per heavy atom. The number of amides is 1. The van der Waals surface area contributed by atoms with Crippen LogP contribution < -0.4 is 10.2 Å². The number of carbonyl (C=O) groups excluding carboxylic acids is 1. The van der Waals surface area contributed by atoms with Gasteiger partial charge in [0.15, 0.2) is 0 Å². The number of aromatic nitrogens is 3. The highest BCUT2D eigenvalue weighted by Crippen LogP contribution is 2.23. The zero-order chi connectivity index (χ0) is 17.0. The van der Waals surface area contributed by atoms with Crippen LogP contribution >= 0.6 is 0 Å². The number of hydrogen-bond acceptors (Lipinski definition) is 7. The van der Waals surface area contributed by atoms with Gasteiger partial charge in [-0.1, -0.05) is 12.1 Å². The van der Waals surface area contributed by atoms with Crippen LogP contribution in [0.1, 0.15) is 36.0 Å². The summed E-state index contributed by atoms with van der Waals surface area (Å²) in [6, 6.07) is 3.37. The third-order valence-corrected chi connectivity index (χ3v) is 4.11. The van der Waals surface area contributed by atoms with Gasteiger partial charge in [0.1, 0.15) is 0 Å². The molecule has 2 N–H and O–H groups in total. The van der Waals surface area contributed by atoms with Crippen molar-refractivity contribution in [3.05, 3.63) is 36.0 Å². The largest absolute Gasteiger partial charge is 0.386 e. The fourth-order valence-corrected chi connectivity index (χ4v) is 2.80. The monoisotopic (exact) mass is 331 g/mol. The van der Waals surface area contributed by atoms with Gasteiger partial charge in [-0.2, -0.15) is 0 Å². The van der Waals surface area contributed by atoms with Crippen LogP contribution in [0.25, 0.3) is 0 Å². The summed E-state index contributed by atoms with van der Waals surface area (Å²) in [7, 11) is 0. The van der Waals surface area contributed by atoms with Gasteiger partial charge in [-0.05, 0) is 25.3 Å². The highest BCUT2D eigenvalue weighted by atomic mass is 16.5. The first-order valence-electron chi connectivity index (χ1n) is 8.08. The number of anilines is 1. The molecule has 1 aliphatic rings. The van der Waals surface area contributed by atoms with Gasteiger partial charge in [0.2, 0.25) is 11.7 Å². The summed E-state index contributed by atoms with van der Waals surface area (Å²) >= 11 is 0. The number of piperidine rings is 1. The average Bonchev–Trinajstić information content (AvgIpc) is 3.10. The van der Waals surface area contributed by atoms with Crippen molar-refractivity contribution < 1.29 is 14.4 Å². The summed E-state index contributed by atoms with van der Waals surface area (Å²) < 4.78 is 5.01. The van der Waals surface area contributed by atoms with E-state index >= 15 is 0 Å². The minimum Gasteiger partial charge on any atom is -0.386 e. The highest BCUT2D eigenvalue weighted by molar-refractivity contribution is 5.91. The van der Waals surface area contributed by atoms with Crippen molar-refractivity contribution in [3.63, 3.8) is 0 Å². The maximum Gasteiger partial charge on any atom is 0.290 e. The van der Waals surface area contributed by atoms with E-state index in [0.29, 0.717) is 25.3 Å². The minimum absolute atomic E-state index is 0.136. The van der Waals surface area contributed by atoms with Gasteiger partial charge >= 0.3 is 0 Å². The van der Waals surface area contributed by atoms with Crippen LogP contribution in [0, 0.1) is 0 Å². The van der Waals surface area contributed by atoms with Crippen molar-refractivity contribution in [1.82, 2.24) is 20.4 Å². The first kappa shape index (κ1) is 16.4. The molecule has 2 aromatic heterocycles. The Hall–Kier alpha value is -2.48. The van der Waals surface area contributed by atoms with Crippen molar-refractivity contribution in [3.8, 4) is 0 Å². The molecule has 24 heavy (non-hydrogen) atoms. The Bertz CT molecular complexity index is 690. The zero-order valence-electron chi connectivity index (χ0n) is 13.6. The molecule has 2 aromatic rings. The summed E-state index contributed by atoms with van der Waals surface area (Å²) in [5.74, 6) is 0.378. The second-order valence-corrected chi connectivity index (χ2v) is 6.02. The van der Waals surface area contributed by atoms with Gasteiger partial charge in [0.25, 0.3) is 5.91 Å². The Balaban J connectivity index is 1.60. The molecule has 1 atom stereocenters. The lowest BCUT2D eigenvalue weighted by Gasteiger charge is -2.39. The number of rotatable bonds is 5. The summed E-state index contributed by atoms with van der Waals surface area (Å²) in [6.07, 6.45) is 5.45. The van der Waals surface area contributed by atoms with Gasteiger partial charge in [0, 0.05) is 31.5 Å². The van der Waals surface area contributed by atoms with Crippen molar-refractivity contribution in [1.29, 1.82) is 0 Å². The Labute approximate surface area is 139 Å². The standard InChI is InChI=1S/C16H21N5O3/c1-2-12-9-13(24-20-12)14(22)19-10-16(23)5-3-8-21(11-16)15-17-6-4-7-18-15/h4,6-7,9,23H,2-3,5,8,10-11H2,1H3,(H,19,22)/t16-/m1/s1. The van der Waals surface area contributed by atoms with Gasteiger partial charge in [-0.15, -0.1) is 0 Å². The summed E-state index contributed by atoms with van der Waals surface area (Å²) in [5, 5.41) is 17.3. The topological polar surface area (TPSA) is 104 Å². The van der Waals surface area contributed by atoms with Gasteiger partial charge in [0.05, 0.1) is 17.8 Å². The number of carbonyl (C=O) groups is 1. The SMILES string of the molecule is CCc1cc(C(=O)NC[C@]2(O)CCCN(c3ncccn3)C2)on1.